The molecule has 1 fully saturated rings. The number of hydrogen-bond donors (Lipinski definition) is 3. The molecule has 0 aromatic heterocycles. The molecule has 3 atom stereocenters. The lowest BCUT2D eigenvalue weighted by atomic mass is 9.74. The zero-order valence-corrected chi connectivity index (χ0v) is 42.1. The van der Waals surface area contributed by atoms with Crippen LogP contribution >= 0.6 is 0 Å². The number of rotatable bonds is 9. The Bertz CT molecular complexity index is 1880. The summed E-state index contributed by atoms with van der Waals surface area (Å²) < 4.78 is 0. The lowest BCUT2D eigenvalue weighted by Gasteiger charge is -2.46. The van der Waals surface area contributed by atoms with Crippen molar-refractivity contribution in [2.24, 2.45) is 16.2 Å². The molecule has 9 nitrogen and oxygen atoms in total. The number of benzene rings is 3. The van der Waals surface area contributed by atoms with Crippen LogP contribution in [0.3, 0.4) is 0 Å². The van der Waals surface area contributed by atoms with Gasteiger partial charge in [0, 0.05) is 0 Å². The molecule has 0 aliphatic carbocycles. The smallest absolute Gasteiger partial charge is 0.232 e. The van der Waals surface area contributed by atoms with Crippen LogP contribution in [0.5, 0.6) is 17.2 Å². The summed E-state index contributed by atoms with van der Waals surface area (Å²) >= 11 is 0. The molecule has 0 bridgehead atoms. The summed E-state index contributed by atoms with van der Waals surface area (Å²) in [6, 6.07) is 15.7. The van der Waals surface area contributed by atoms with Crippen molar-refractivity contribution in [2.75, 3.05) is 20.0 Å². The van der Waals surface area contributed by atoms with Gasteiger partial charge in [-0.3, -0.25) is 14.4 Å². The summed E-state index contributed by atoms with van der Waals surface area (Å²) in [4.78, 5) is 51.8. The van der Waals surface area contributed by atoms with Crippen molar-refractivity contribution < 1.29 is 29.7 Å². The highest BCUT2D eigenvalue weighted by Crippen LogP contribution is 2.44. The Morgan fingerprint density at radius 2 is 0.619 bits per heavy atom. The van der Waals surface area contributed by atoms with E-state index in [1.165, 1.54) is 0 Å². The van der Waals surface area contributed by atoms with Gasteiger partial charge in [0.1, 0.15) is 17.2 Å². The third-order valence-electron chi connectivity index (χ3n) is 12.0. The first-order chi connectivity index (χ1) is 28.5. The largest absolute Gasteiger partial charge is 0.508 e. The van der Waals surface area contributed by atoms with Gasteiger partial charge in [-0.2, -0.15) is 0 Å². The van der Waals surface area contributed by atoms with E-state index >= 15 is 14.4 Å². The van der Waals surface area contributed by atoms with Crippen molar-refractivity contribution in [3.8, 4) is 17.2 Å². The Balaban J connectivity index is 1.99. The van der Waals surface area contributed by atoms with Gasteiger partial charge in [-0.05, 0) is 122 Å². The molecule has 1 aliphatic rings. The predicted octanol–water partition coefficient (Wildman–Crippen LogP) is 12.0. The molecule has 3 amide bonds. The van der Waals surface area contributed by atoms with E-state index in [0.717, 1.165) is 33.4 Å². The minimum absolute atomic E-state index is 0.0228. The Hall–Kier alpha value is -4.53. The average Bonchev–Trinajstić information content (AvgIpc) is 3.12. The molecular weight excluding hydrogens is 787 g/mol. The van der Waals surface area contributed by atoms with Crippen LogP contribution in [0.4, 0.5) is 0 Å². The molecule has 3 N–H and O–H groups in total. The molecule has 3 unspecified atom stereocenters. The van der Waals surface area contributed by atoms with Gasteiger partial charge >= 0.3 is 0 Å². The SMILES string of the molecule is CC(C)(C)CC(C(=O)N1CN(C(=O)C(CC(C)(C)C)c2ccc(O)cc2C(C)(C)C)CN(C(=O)C(CC(C)(C)C)c2ccc(O)cc2C(C)(C)C)C1)c1ccc(O)cc1C(C)(C)C. The van der Waals surface area contributed by atoms with Crippen molar-refractivity contribution >= 4 is 17.7 Å². The maximum absolute atomic E-state index is 15.6. The fraction of sp³-hybridized carbons (Fsp3) is 0.611. The van der Waals surface area contributed by atoms with Gasteiger partial charge in [0.25, 0.3) is 0 Å². The number of aromatic hydroxyl groups is 3. The minimum atomic E-state index is -0.642. The summed E-state index contributed by atoms with van der Waals surface area (Å²) in [5.41, 5.74) is 2.98. The van der Waals surface area contributed by atoms with E-state index in [1.807, 2.05) is 18.2 Å². The van der Waals surface area contributed by atoms with E-state index in [0.29, 0.717) is 19.3 Å². The number of amides is 3. The van der Waals surface area contributed by atoms with Crippen LogP contribution in [0, 0.1) is 16.2 Å². The van der Waals surface area contributed by atoms with Crippen LogP contribution in [-0.4, -0.2) is 67.7 Å². The van der Waals surface area contributed by atoms with E-state index in [2.05, 4.69) is 125 Å². The highest BCUT2D eigenvalue weighted by Gasteiger charge is 2.43. The van der Waals surface area contributed by atoms with Gasteiger partial charge in [0.15, 0.2) is 0 Å². The van der Waals surface area contributed by atoms with Gasteiger partial charge < -0.3 is 30.0 Å². The normalized spacial score (nSPS) is 16.2. The van der Waals surface area contributed by atoms with Crippen LogP contribution in [0.2, 0.25) is 0 Å². The molecule has 63 heavy (non-hydrogen) atoms. The lowest BCUT2D eigenvalue weighted by molar-refractivity contribution is -0.161. The Labute approximate surface area is 380 Å². The van der Waals surface area contributed by atoms with Crippen LogP contribution < -0.4 is 0 Å². The van der Waals surface area contributed by atoms with Crippen molar-refractivity contribution in [1.29, 1.82) is 0 Å². The molecule has 4 rings (SSSR count). The van der Waals surface area contributed by atoms with Crippen molar-refractivity contribution in [1.82, 2.24) is 14.7 Å². The van der Waals surface area contributed by atoms with Crippen molar-refractivity contribution in [2.45, 2.75) is 178 Å². The summed E-state index contributed by atoms with van der Waals surface area (Å²) in [5, 5.41) is 32.1. The van der Waals surface area contributed by atoms with Crippen LogP contribution in [0.15, 0.2) is 54.6 Å². The molecule has 1 saturated heterocycles. The molecule has 0 spiro atoms. The fourth-order valence-corrected chi connectivity index (χ4v) is 9.15. The van der Waals surface area contributed by atoms with E-state index < -0.39 is 34.0 Å². The van der Waals surface area contributed by atoms with Crippen molar-refractivity contribution in [3.63, 3.8) is 0 Å². The standard InChI is InChI=1S/C54H81N3O6/c1-49(2,3)28-40(37-22-19-34(58)25-43(37)52(10,11)12)46(61)55-31-56(47(62)41(29-50(4,5)6)38-23-20-35(59)26-44(38)53(13,14)15)33-57(32-55)48(63)42(30-51(7,8)9)39-24-21-36(60)27-45(39)54(16,17)18/h19-27,40-42,58-60H,28-33H2,1-18H3. The monoisotopic (exact) mass is 868 g/mol. The number of phenolic OH excluding ortho intramolecular Hbond substituents is 3. The highest BCUT2D eigenvalue weighted by atomic mass is 16.3. The van der Waals surface area contributed by atoms with Crippen molar-refractivity contribution in [3.05, 3.63) is 88.0 Å². The number of phenols is 3. The van der Waals surface area contributed by atoms with Crippen LogP contribution in [-0.2, 0) is 30.6 Å². The van der Waals surface area contributed by atoms with Crippen LogP contribution in [0.25, 0.3) is 0 Å². The van der Waals surface area contributed by atoms with Gasteiger partial charge in [-0.1, -0.05) is 143 Å². The predicted molar refractivity (Wildman–Crippen MR) is 256 cm³/mol. The summed E-state index contributed by atoms with van der Waals surface area (Å²) in [6.07, 6.45) is 1.47. The summed E-state index contributed by atoms with van der Waals surface area (Å²) in [7, 11) is 0. The Kier molecular flexibility index (Phi) is 14.7. The van der Waals surface area contributed by atoms with E-state index in [1.54, 1.807) is 51.1 Å². The molecule has 1 heterocycles. The van der Waals surface area contributed by atoms with Gasteiger partial charge in [0.2, 0.25) is 17.7 Å². The lowest BCUT2D eigenvalue weighted by Crippen LogP contribution is -2.61. The third-order valence-corrected chi connectivity index (χ3v) is 12.0. The Morgan fingerprint density at radius 3 is 0.794 bits per heavy atom. The first kappa shape index (κ1) is 51.1. The molecule has 1 aliphatic heterocycles. The molecule has 348 valence electrons. The Morgan fingerprint density at radius 1 is 0.413 bits per heavy atom. The second-order valence-corrected chi connectivity index (χ2v) is 25.1. The van der Waals surface area contributed by atoms with E-state index in [9.17, 15) is 15.3 Å². The van der Waals surface area contributed by atoms with Crippen LogP contribution in [0.1, 0.15) is 195 Å². The number of carbonyl (C=O) groups is 3. The summed E-state index contributed by atoms with van der Waals surface area (Å²) in [6.45, 7) is 37.5. The highest BCUT2D eigenvalue weighted by molar-refractivity contribution is 5.90. The summed E-state index contributed by atoms with van der Waals surface area (Å²) in [5.74, 6) is -2.15. The zero-order valence-electron chi connectivity index (χ0n) is 42.1. The molecule has 0 radical (unpaired) electrons. The first-order valence-corrected chi connectivity index (χ1v) is 22.8. The topological polar surface area (TPSA) is 122 Å². The van der Waals surface area contributed by atoms with E-state index in [-0.39, 0.29) is 71.2 Å². The second-order valence-electron chi connectivity index (χ2n) is 25.1. The van der Waals surface area contributed by atoms with Gasteiger partial charge in [-0.15, -0.1) is 0 Å². The minimum Gasteiger partial charge on any atom is -0.508 e. The maximum atomic E-state index is 15.6. The maximum Gasteiger partial charge on any atom is 0.232 e. The third kappa shape index (κ3) is 13.3. The number of nitrogens with zero attached hydrogens (tertiary/aromatic N) is 3. The number of carbonyl (C=O) groups excluding carboxylic acids is 3. The van der Waals surface area contributed by atoms with Gasteiger partial charge in [-0.25, -0.2) is 0 Å². The van der Waals surface area contributed by atoms with E-state index in [4.69, 9.17) is 0 Å². The second kappa shape index (κ2) is 18.2. The van der Waals surface area contributed by atoms with Gasteiger partial charge in [0.05, 0.1) is 37.8 Å². The molecule has 3 aromatic carbocycles. The molecule has 0 saturated carbocycles. The number of hydrogen-bond acceptors (Lipinski definition) is 6. The molecule has 3 aromatic rings. The average molecular weight is 868 g/mol. The molecule has 9 heteroatoms. The zero-order chi connectivity index (χ0) is 48.0. The first-order valence-electron chi connectivity index (χ1n) is 22.8. The fourth-order valence-electron chi connectivity index (χ4n) is 9.15. The molecular formula is C54H81N3O6. The quantitative estimate of drug-likeness (QED) is 0.197.